The fraction of sp³-hybridized carbons (Fsp3) is 0.929. The average Bonchev–Trinajstić information content (AvgIpc) is 2.57. The zero-order valence-corrected chi connectivity index (χ0v) is 12.5. The molecule has 7 atom stereocenters. The van der Waals surface area contributed by atoms with Crippen molar-refractivity contribution in [2.24, 2.45) is 23.7 Å². The maximum absolute atomic E-state index is 11.1. The number of rotatable bonds is 3. The van der Waals surface area contributed by atoms with E-state index in [2.05, 4.69) is 16.4 Å². The van der Waals surface area contributed by atoms with Crippen molar-refractivity contribution in [2.75, 3.05) is 0 Å². The molecular weight excluding hydrogens is 247 g/mol. The zero-order chi connectivity index (χ0) is 13.1. The molecule has 104 valence electrons. The normalized spacial score (nSPS) is 42.7. The standard InChI is InChI=1S/C14H25O3P/c1-9(8-15)12-5-3-4-11-7-6-10(2)16-14(17-18)13(11)12/h8-14H,3-7,18H2,1-2H3. The first-order chi connectivity index (χ1) is 8.67. The molecular formula is C14H25O3P. The van der Waals surface area contributed by atoms with Crippen LogP contribution in [0.5, 0.6) is 0 Å². The first-order valence-electron chi connectivity index (χ1n) is 7.13. The second-order valence-corrected chi connectivity index (χ2v) is 6.23. The number of hydrogen-bond acceptors (Lipinski definition) is 3. The molecule has 2 fully saturated rings. The van der Waals surface area contributed by atoms with Gasteiger partial charge in [0.25, 0.3) is 0 Å². The third-order valence-corrected chi connectivity index (χ3v) is 5.07. The molecule has 0 aromatic carbocycles. The van der Waals surface area contributed by atoms with E-state index in [9.17, 15) is 4.79 Å². The van der Waals surface area contributed by atoms with E-state index in [-0.39, 0.29) is 18.3 Å². The van der Waals surface area contributed by atoms with Crippen LogP contribution >= 0.6 is 9.47 Å². The Morgan fingerprint density at radius 3 is 2.78 bits per heavy atom. The molecule has 0 amide bonds. The predicted octanol–water partition coefficient (Wildman–Crippen LogP) is 3.19. The third-order valence-electron chi connectivity index (χ3n) is 4.80. The Bertz CT molecular complexity index is 284. The lowest BCUT2D eigenvalue weighted by molar-refractivity contribution is -0.159. The van der Waals surface area contributed by atoms with E-state index < -0.39 is 0 Å². The van der Waals surface area contributed by atoms with Gasteiger partial charge in [-0.25, -0.2) is 0 Å². The van der Waals surface area contributed by atoms with Crippen LogP contribution < -0.4 is 0 Å². The summed E-state index contributed by atoms with van der Waals surface area (Å²) in [6, 6.07) is 0. The van der Waals surface area contributed by atoms with Crippen molar-refractivity contribution in [1.29, 1.82) is 0 Å². The average molecular weight is 272 g/mol. The van der Waals surface area contributed by atoms with Gasteiger partial charge in [0.15, 0.2) is 6.29 Å². The largest absolute Gasteiger partial charge is 0.349 e. The topological polar surface area (TPSA) is 35.5 Å². The van der Waals surface area contributed by atoms with Gasteiger partial charge in [-0.1, -0.05) is 13.3 Å². The Kier molecular flexibility index (Phi) is 5.17. The minimum Gasteiger partial charge on any atom is -0.349 e. The van der Waals surface area contributed by atoms with Gasteiger partial charge in [0, 0.05) is 21.3 Å². The summed E-state index contributed by atoms with van der Waals surface area (Å²) in [4.78, 5) is 11.1. The highest BCUT2D eigenvalue weighted by Gasteiger charge is 2.43. The van der Waals surface area contributed by atoms with E-state index in [1.54, 1.807) is 0 Å². The van der Waals surface area contributed by atoms with E-state index in [0.717, 1.165) is 19.1 Å². The SMILES string of the molecule is CC1CCC2CCCC(C(C)C=O)C2C(OP)O1. The monoisotopic (exact) mass is 272 g/mol. The number of fused-ring (bicyclic) bond motifs is 1. The number of hydrogen-bond donors (Lipinski definition) is 0. The van der Waals surface area contributed by atoms with Crippen molar-refractivity contribution in [3.05, 3.63) is 0 Å². The number of carbonyl (C=O) groups excluding carboxylic acids is 1. The molecule has 2 rings (SSSR count). The molecule has 0 N–H and O–H groups in total. The van der Waals surface area contributed by atoms with Crippen LogP contribution in [0.2, 0.25) is 0 Å². The molecule has 0 spiro atoms. The Morgan fingerprint density at radius 2 is 2.11 bits per heavy atom. The maximum Gasteiger partial charge on any atom is 0.164 e. The van der Waals surface area contributed by atoms with Crippen LogP contribution in [0.15, 0.2) is 0 Å². The lowest BCUT2D eigenvalue weighted by atomic mass is 9.66. The first-order valence-corrected chi connectivity index (χ1v) is 7.60. The smallest absolute Gasteiger partial charge is 0.164 e. The van der Waals surface area contributed by atoms with E-state index >= 15 is 0 Å². The molecule has 0 aromatic rings. The van der Waals surface area contributed by atoms with Crippen LogP contribution in [0.1, 0.15) is 46.0 Å². The number of carbonyl (C=O) groups is 1. The molecule has 2 aliphatic rings. The quantitative estimate of drug-likeness (QED) is 0.584. The van der Waals surface area contributed by atoms with Crippen LogP contribution in [0.25, 0.3) is 0 Å². The van der Waals surface area contributed by atoms with Gasteiger partial charge in [-0.15, -0.1) is 0 Å². The van der Waals surface area contributed by atoms with Gasteiger partial charge in [0.2, 0.25) is 0 Å². The van der Waals surface area contributed by atoms with Crippen LogP contribution in [0.3, 0.4) is 0 Å². The van der Waals surface area contributed by atoms with Crippen LogP contribution in [-0.4, -0.2) is 18.7 Å². The maximum atomic E-state index is 11.1. The van der Waals surface area contributed by atoms with E-state index in [1.807, 2.05) is 6.92 Å². The highest BCUT2D eigenvalue weighted by Crippen LogP contribution is 2.46. The second-order valence-electron chi connectivity index (χ2n) is 5.96. The molecule has 1 heterocycles. The molecule has 1 aliphatic carbocycles. The Labute approximate surface area is 112 Å². The van der Waals surface area contributed by atoms with Gasteiger partial charge in [-0.2, -0.15) is 0 Å². The molecule has 18 heavy (non-hydrogen) atoms. The highest BCUT2D eigenvalue weighted by atomic mass is 31.0. The van der Waals surface area contributed by atoms with Crippen LogP contribution in [0.4, 0.5) is 0 Å². The summed E-state index contributed by atoms with van der Waals surface area (Å²) in [7, 11) is 2.35. The minimum absolute atomic E-state index is 0.109. The molecule has 0 radical (unpaired) electrons. The number of aldehydes is 1. The Balaban J connectivity index is 2.20. The molecule has 4 heteroatoms. The molecule has 0 aromatic heterocycles. The van der Waals surface area contributed by atoms with Gasteiger partial charge in [-0.3, -0.25) is 0 Å². The van der Waals surface area contributed by atoms with Crippen molar-refractivity contribution < 1.29 is 14.1 Å². The van der Waals surface area contributed by atoms with Crippen LogP contribution in [-0.2, 0) is 14.1 Å². The predicted molar refractivity (Wildman–Crippen MR) is 73.9 cm³/mol. The van der Waals surface area contributed by atoms with Crippen LogP contribution in [0, 0.1) is 23.7 Å². The molecule has 1 saturated heterocycles. The summed E-state index contributed by atoms with van der Waals surface area (Å²) in [6.45, 7) is 4.15. The van der Waals surface area contributed by atoms with Crippen molar-refractivity contribution in [3.8, 4) is 0 Å². The lowest BCUT2D eigenvalue weighted by Crippen LogP contribution is -2.41. The fourth-order valence-corrected chi connectivity index (χ4v) is 4.03. The lowest BCUT2D eigenvalue weighted by Gasteiger charge is -2.41. The third kappa shape index (κ3) is 2.95. The Morgan fingerprint density at radius 1 is 1.33 bits per heavy atom. The van der Waals surface area contributed by atoms with Crippen molar-refractivity contribution in [3.63, 3.8) is 0 Å². The number of ether oxygens (including phenoxy) is 1. The zero-order valence-electron chi connectivity index (χ0n) is 11.4. The van der Waals surface area contributed by atoms with E-state index in [4.69, 9.17) is 9.26 Å². The fourth-order valence-electron chi connectivity index (χ4n) is 3.78. The van der Waals surface area contributed by atoms with Gasteiger partial charge in [-0.05, 0) is 44.4 Å². The van der Waals surface area contributed by atoms with E-state index in [1.165, 1.54) is 19.3 Å². The van der Waals surface area contributed by atoms with Gasteiger partial charge in [0.1, 0.15) is 6.29 Å². The molecule has 0 bridgehead atoms. The molecule has 3 nitrogen and oxygen atoms in total. The first kappa shape index (κ1) is 14.4. The van der Waals surface area contributed by atoms with Crippen molar-refractivity contribution in [2.45, 2.75) is 58.3 Å². The minimum atomic E-state index is -0.162. The molecule has 1 saturated carbocycles. The second kappa shape index (κ2) is 6.45. The van der Waals surface area contributed by atoms with E-state index in [0.29, 0.717) is 17.8 Å². The molecule has 1 aliphatic heterocycles. The highest BCUT2D eigenvalue weighted by molar-refractivity contribution is 7.09. The van der Waals surface area contributed by atoms with Gasteiger partial charge >= 0.3 is 0 Å². The summed E-state index contributed by atoms with van der Waals surface area (Å²) >= 11 is 0. The summed E-state index contributed by atoms with van der Waals surface area (Å²) in [5, 5.41) is 0. The summed E-state index contributed by atoms with van der Waals surface area (Å²) in [5.74, 6) is 1.55. The summed E-state index contributed by atoms with van der Waals surface area (Å²) in [5.41, 5.74) is 0. The van der Waals surface area contributed by atoms with Gasteiger partial charge < -0.3 is 14.1 Å². The van der Waals surface area contributed by atoms with Crippen molar-refractivity contribution in [1.82, 2.24) is 0 Å². The summed E-state index contributed by atoms with van der Waals surface area (Å²) < 4.78 is 11.5. The molecule has 7 unspecified atom stereocenters. The van der Waals surface area contributed by atoms with Gasteiger partial charge in [0.05, 0.1) is 6.10 Å². The summed E-state index contributed by atoms with van der Waals surface area (Å²) in [6.07, 6.45) is 7.13. The van der Waals surface area contributed by atoms with Crippen molar-refractivity contribution >= 4 is 15.8 Å². The Hall–Kier alpha value is 0.0200.